The molecule has 0 bridgehead atoms. The molecule has 7 heteroatoms. The lowest BCUT2D eigenvalue weighted by atomic mass is 10.1. The van der Waals surface area contributed by atoms with E-state index in [9.17, 15) is 4.79 Å². The second kappa shape index (κ2) is 7.90. The molecular formula is C18H17ClN4O2. The predicted molar refractivity (Wildman–Crippen MR) is 93.9 cm³/mol. The van der Waals surface area contributed by atoms with Crippen LogP contribution in [0.3, 0.4) is 0 Å². The summed E-state index contributed by atoms with van der Waals surface area (Å²) in [5.74, 6) is 0.832. The van der Waals surface area contributed by atoms with Gasteiger partial charge in [-0.25, -0.2) is 0 Å². The number of carbonyl (C=O) groups excluding carboxylic acids is 1. The van der Waals surface area contributed by atoms with Crippen LogP contribution in [0.5, 0.6) is 0 Å². The number of aromatic nitrogens is 3. The average molecular weight is 357 g/mol. The van der Waals surface area contributed by atoms with E-state index in [2.05, 4.69) is 20.4 Å². The van der Waals surface area contributed by atoms with Crippen molar-refractivity contribution < 1.29 is 9.32 Å². The minimum absolute atomic E-state index is 0.0869. The van der Waals surface area contributed by atoms with E-state index in [1.807, 2.05) is 25.1 Å². The van der Waals surface area contributed by atoms with E-state index in [-0.39, 0.29) is 18.4 Å². The zero-order valence-electron chi connectivity index (χ0n) is 13.6. The molecule has 25 heavy (non-hydrogen) atoms. The second-order valence-electron chi connectivity index (χ2n) is 5.59. The fourth-order valence-electron chi connectivity index (χ4n) is 2.37. The normalized spacial score (nSPS) is 11.9. The van der Waals surface area contributed by atoms with E-state index in [4.69, 9.17) is 16.1 Å². The molecule has 6 nitrogen and oxygen atoms in total. The Morgan fingerprint density at radius 1 is 1.28 bits per heavy atom. The van der Waals surface area contributed by atoms with E-state index in [0.29, 0.717) is 23.2 Å². The van der Waals surface area contributed by atoms with Crippen molar-refractivity contribution >= 4 is 17.5 Å². The van der Waals surface area contributed by atoms with Crippen molar-refractivity contribution in [1.29, 1.82) is 0 Å². The highest BCUT2D eigenvalue weighted by molar-refractivity contribution is 6.30. The molecule has 3 aromatic rings. The molecule has 0 aliphatic rings. The second-order valence-corrected chi connectivity index (χ2v) is 6.03. The summed E-state index contributed by atoms with van der Waals surface area (Å²) in [6, 6.07) is 10.9. The summed E-state index contributed by atoms with van der Waals surface area (Å²) in [6.07, 6.45) is 3.97. The van der Waals surface area contributed by atoms with Crippen molar-refractivity contribution in [2.75, 3.05) is 0 Å². The van der Waals surface area contributed by atoms with Crippen LogP contribution in [-0.4, -0.2) is 21.0 Å². The molecule has 2 aromatic heterocycles. The third kappa shape index (κ3) is 4.64. The zero-order valence-corrected chi connectivity index (χ0v) is 14.4. The third-order valence-electron chi connectivity index (χ3n) is 3.70. The Balaban J connectivity index is 1.53. The fourth-order valence-corrected chi connectivity index (χ4v) is 2.57. The van der Waals surface area contributed by atoms with Crippen molar-refractivity contribution in [3.05, 3.63) is 65.3 Å². The molecule has 0 radical (unpaired) electrons. The van der Waals surface area contributed by atoms with Gasteiger partial charge in [0.2, 0.25) is 17.6 Å². The average Bonchev–Trinajstić information content (AvgIpc) is 3.10. The summed E-state index contributed by atoms with van der Waals surface area (Å²) in [5.41, 5.74) is 1.78. The lowest BCUT2D eigenvalue weighted by Crippen LogP contribution is -2.26. The Kier molecular flexibility index (Phi) is 5.40. The maximum absolute atomic E-state index is 12.1. The lowest BCUT2D eigenvalue weighted by Gasteiger charge is -2.14. The maximum atomic E-state index is 12.1. The van der Waals surface area contributed by atoms with E-state index >= 15 is 0 Å². The summed E-state index contributed by atoms with van der Waals surface area (Å²) in [7, 11) is 0. The van der Waals surface area contributed by atoms with Crippen LogP contribution in [0.15, 0.2) is 53.3 Å². The van der Waals surface area contributed by atoms with Crippen LogP contribution in [0.2, 0.25) is 5.02 Å². The number of hydrogen-bond donors (Lipinski definition) is 1. The van der Waals surface area contributed by atoms with Crippen LogP contribution in [0, 0.1) is 0 Å². The van der Waals surface area contributed by atoms with Crippen LogP contribution in [-0.2, 0) is 11.2 Å². The number of amides is 1. The van der Waals surface area contributed by atoms with E-state index in [1.165, 1.54) is 0 Å². The Labute approximate surface area is 150 Å². The molecule has 1 atom stereocenters. The fraction of sp³-hybridized carbons (Fsp3) is 0.222. The van der Waals surface area contributed by atoms with Crippen molar-refractivity contribution in [3.8, 4) is 11.4 Å². The summed E-state index contributed by atoms with van der Waals surface area (Å²) >= 11 is 5.98. The van der Waals surface area contributed by atoms with Gasteiger partial charge >= 0.3 is 0 Å². The lowest BCUT2D eigenvalue weighted by molar-refractivity contribution is -0.121. The van der Waals surface area contributed by atoms with Gasteiger partial charge in [-0.2, -0.15) is 4.98 Å². The van der Waals surface area contributed by atoms with Gasteiger partial charge in [0.15, 0.2) is 0 Å². The van der Waals surface area contributed by atoms with E-state index in [1.54, 1.807) is 30.6 Å². The number of nitrogens with zero attached hydrogens (tertiary/aromatic N) is 3. The predicted octanol–water partition coefficient (Wildman–Crippen LogP) is 3.60. The summed E-state index contributed by atoms with van der Waals surface area (Å²) in [4.78, 5) is 20.4. The first-order valence-corrected chi connectivity index (χ1v) is 8.27. The molecule has 0 aliphatic heterocycles. The van der Waals surface area contributed by atoms with Crippen molar-refractivity contribution in [2.45, 2.75) is 25.8 Å². The maximum Gasteiger partial charge on any atom is 0.227 e. The van der Waals surface area contributed by atoms with Gasteiger partial charge in [0.1, 0.15) is 0 Å². The van der Waals surface area contributed by atoms with Crippen LogP contribution < -0.4 is 5.32 Å². The molecule has 0 saturated carbocycles. The van der Waals surface area contributed by atoms with E-state index in [0.717, 1.165) is 11.1 Å². The Morgan fingerprint density at radius 3 is 2.84 bits per heavy atom. The van der Waals surface area contributed by atoms with Crippen LogP contribution in [0.1, 0.15) is 30.8 Å². The van der Waals surface area contributed by atoms with Gasteiger partial charge in [-0.3, -0.25) is 9.78 Å². The van der Waals surface area contributed by atoms with Crippen molar-refractivity contribution in [2.24, 2.45) is 0 Å². The van der Waals surface area contributed by atoms with Crippen LogP contribution in [0.25, 0.3) is 11.4 Å². The number of hydrogen-bond acceptors (Lipinski definition) is 5. The summed E-state index contributed by atoms with van der Waals surface area (Å²) in [6.45, 7) is 1.91. The monoisotopic (exact) mass is 356 g/mol. The minimum atomic E-state index is -0.124. The molecule has 0 fully saturated rings. The van der Waals surface area contributed by atoms with Crippen molar-refractivity contribution in [1.82, 2.24) is 20.4 Å². The Morgan fingerprint density at radius 2 is 2.08 bits per heavy atom. The molecule has 1 aromatic carbocycles. The van der Waals surface area contributed by atoms with Gasteiger partial charge in [0.05, 0.1) is 6.04 Å². The molecule has 0 saturated heterocycles. The number of benzene rings is 1. The molecule has 128 valence electrons. The Hall–Kier alpha value is -2.73. The minimum Gasteiger partial charge on any atom is -0.350 e. The van der Waals surface area contributed by atoms with E-state index < -0.39 is 0 Å². The first-order chi connectivity index (χ1) is 12.1. The molecule has 1 amide bonds. The van der Waals surface area contributed by atoms with Crippen LogP contribution >= 0.6 is 11.6 Å². The van der Waals surface area contributed by atoms with Gasteiger partial charge < -0.3 is 9.84 Å². The standard InChI is InChI=1S/C18H17ClN4O2/c1-12(14-3-2-4-15(19)11-14)21-16(24)5-6-17-22-18(23-25-17)13-7-9-20-10-8-13/h2-4,7-12H,5-6H2,1H3,(H,21,24). The smallest absolute Gasteiger partial charge is 0.227 e. The first kappa shape index (κ1) is 17.1. The first-order valence-electron chi connectivity index (χ1n) is 7.89. The third-order valence-corrected chi connectivity index (χ3v) is 3.93. The number of aryl methyl sites for hydroxylation is 1. The van der Waals surface area contributed by atoms with Gasteiger partial charge in [-0.15, -0.1) is 0 Å². The topological polar surface area (TPSA) is 80.9 Å². The highest BCUT2D eigenvalue weighted by atomic mass is 35.5. The number of halogens is 1. The summed E-state index contributed by atoms with van der Waals surface area (Å²) < 4.78 is 5.20. The van der Waals surface area contributed by atoms with Gasteiger partial charge in [-0.05, 0) is 36.8 Å². The van der Waals surface area contributed by atoms with Gasteiger partial charge in [0.25, 0.3) is 0 Å². The summed E-state index contributed by atoms with van der Waals surface area (Å²) in [5, 5.41) is 7.51. The Bertz CT molecular complexity index is 851. The number of nitrogens with one attached hydrogen (secondary N) is 1. The molecule has 0 spiro atoms. The zero-order chi connectivity index (χ0) is 17.6. The number of rotatable bonds is 6. The van der Waals surface area contributed by atoms with Crippen LogP contribution in [0.4, 0.5) is 0 Å². The number of pyridine rings is 1. The van der Waals surface area contributed by atoms with Gasteiger partial charge in [-0.1, -0.05) is 28.9 Å². The molecule has 1 N–H and O–H groups in total. The SMILES string of the molecule is CC(NC(=O)CCc1nc(-c2ccncc2)no1)c1cccc(Cl)c1. The number of carbonyl (C=O) groups is 1. The molecule has 3 rings (SSSR count). The van der Waals surface area contributed by atoms with Gasteiger partial charge in [0, 0.05) is 35.8 Å². The molecule has 0 aliphatic carbocycles. The molecule has 2 heterocycles. The van der Waals surface area contributed by atoms with Crippen molar-refractivity contribution in [3.63, 3.8) is 0 Å². The highest BCUT2D eigenvalue weighted by Gasteiger charge is 2.13. The molecular weight excluding hydrogens is 340 g/mol. The highest BCUT2D eigenvalue weighted by Crippen LogP contribution is 2.18. The molecule has 1 unspecified atom stereocenters. The quantitative estimate of drug-likeness (QED) is 0.729. The largest absolute Gasteiger partial charge is 0.350 e.